The Morgan fingerprint density at radius 3 is 2.15 bits per heavy atom. The van der Waals surface area contributed by atoms with Crippen molar-refractivity contribution < 1.29 is 19.1 Å². The summed E-state index contributed by atoms with van der Waals surface area (Å²) in [7, 11) is 1.30. The molecule has 0 bridgehead atoms. The second kappa shape index (κ2) is 7.17. The maximum atomic E-state index is 12.6. The monoisotopic (exact) mass is 372 g/mol. The summed E-state index contributed by atoms with van der Waals surface area (Å²) in [5, 5.41) is 5.86. The fourth-order valence-electron chi connectivity index (χ4n) is 2.54. The lowest BCUT2D eigenvalue weighted by Crippen LogP contribution is -2.35. The third kappa shape index (κ3) is 3.55. The standard InChI is InChI=1S/C19H17ClN2O4/c1-26-16(23)12-6-8-13(9-7-12)21-17(24)19(10-11-19)18(25)22-15-5-3-2-4-14(15)20/h2-9H,10-11H2,1H3,(H,21,24)(H,22,25). The van der Waals surface area contributed by atoms with Gasteiger partial charge in [-0.05, 0) is 49.2 Å². The summed E-state index contributed by atoms with van der Waals surface area (Å²) in [6.45, 7) is 0. The Kier molecular flexibility index (Phi) is 4.95. The normalized spacial score (nSPS) is 14.2. The van der Waals surface area contributed by atoms with Crippen molar-refractivity contribution in [1.82, 2.24) is 0 Å². The first-order valence-corrected chi connectivity index (χ1v) is 8.40. The second-order valence-electron chi connectivity index (χ2n) is 6.04. The summed E-state index contributed by atoms with van der Waals surface area (Å²) in [5.74, 6) is -1.22. The van der Waals surface area contributed by atoms with Crippen molar-refractivity contribution in [3.63, 3.8) is 0 Å². The number of anilines is 2. The van der Waals surface area contributed by atoms with Crippen LogP contribution in [0.2, 0.25) is 5.02 Å². The second-order valence-corrected chi connectivity index (χ2v) is 6.45. The number of carbonyl (C=O) groups excluding carboxylic acids is 3. The van der Waals surface area contributed by atoms with Gasteiger partial charge in [0.15, 0.2) is 0 Å². The molecule has 1 aliphatic carbocycles. The highest BCUT2D eigenvalue weighted by atomic mass is 35.5. The molecule has 134 valence electrons. The first kappa shape index (κ1) is 17.9. The first-order valence-electron chi connectivity index (χ1n) is 8.02. The van der Waals surface area contributed by atoms with E-state index in [-0.39, 0.29) is 11.8 Å². The van der Waals surface area contributed by atoms with Crippen molar-refractivity contribution in [3.8, 4) is 0 Å². The van der Waals surface area contributed by atoms with Crippen LogP contribution in [0.25, 0.3) is 0 Å². The molecule has 26 heavy (non-hydrogen) atoms. The number of hydrogen-bond acceptors (Lipinski definition) is 4. The van der Waals surface area contributed by atoms with Gasteiger partial charge in [-0.15, -0.1) is 0 Å². The van der Waals surface area contributed by atoms with Gasteiger partial charge in [0, 0.05) is 5.69 Å². The summed E-state index contributed by atoms with van der Waals surface area (Å²) in [6.07, 6.45) is 0.935. The molecule has 7 heteroatoms. The highest BCUT2D eigenvalue weighted by Crippen LogP contribution is 2.47. The van der Waals surface area contributed by atoms with E-state index >= 15 is 0 Å². The van der Waals surface area contributed by atoms with E-state index in [1.165, 1.54) is 7.11 Å². The van der Waals surface area contributed by atoms with Gasteiger partial charge in [0.05, 0.1) is 23.4 Å². The largest absolute Gasteiger partial charge is 0.465 e. The van der Waals surface area contributed by atoms with Gasteiger partial charge in [0.2, 0.25) is 11.8 Å². The highest BCUT2D eigenvalue weighted by molar-refractivity contribution is 6.34. The highest BCUT2D eigenvalue weighted by Gasteiger charge is 2.56. The van der Waals surface area contributed by atoms with Crippen molar-refractivity contribution in [2.24, 2.45) is 5.41 Å². The molecule has 3 rings (SSSR count). The van der Waals surface area contributed by atoms with E-state index in [0.717, 1.165) is 0 Å². The molecule has 0 radical (unpaired) electrons. The average Bonchev–Trinajstić information content (AvgIpc) is 3.45. The van der Waals surface area contributed by atoms with E-state index in [1.807, 2.05) is 0 Å². The zero-order chi connectivity index (χ0) is 18.7. The van der Waals surface area contributed by atoms with E-state index in [0.29, 0.717) is 34.8 Å². The van der Waals surface area contributed by atoms with E-state index in [1.54, 1.807) is 48.5 Å². The minimum absolute atomic E-state index is 0.378. The van der Waals surface area contributed by atoms with Crippen LogP contribution in [0.1, 0.15) is 23.2 Å². The van der Waals surface area contributed by atoms with Gasteiger partial charge in [-0.25, -0.2) is 4.79 Å². The van der Waals surface area contributed by atoms with E-state index in [2.05, 4.69) is 15.4 Å². The van der Waals surface area contributed by atoms with Gasteiger partial charge >= 0.3 is 5.97 Å². The van der Waals surface area contributed by atoms with Crippen LogP contribution >= 0.6 is 11.6 Å². The molecule has 1 saturated carbocycles. The fraction of sp³-hybridized carbons (Fsp3) is 0.211. The predicted molar refractivity (Wildman–Crippen MR) is 98.2 cm³/mol. The Morgan fingerprint density at radius 2 is 1.58 bits per heavy atom. The van der Waals surface area contributed by atoms with Gasteiger partial charge in [0.1, 0.15) is 5.41 Å². The number of esters is 1. The summed E-state index contributed by atoms with van der Waals surface area (Å²) in [6, 6.07) is 13.1. The van der Waals surface area contributed by atoms with Crippen LogP contribution < -0.4 is 10.6 Å². The van der Waals surface area contributed by atoms with Crippen molar-refractivity contribution in [3.05, 3.63) is 59.1 Å². The molecular weight excluding hydrogens is 356 g/mol. The number of carbonyl (C=O) groups is 3. The van der Waals surface area contributed by atoms with Crippen molar-refractivity contribution in [1.29, 1.82) is 0 Å². The van der Waals surface area contributed by atoms with Gasteiger partial charge in [-0.1, -0.05) is 23.7 Å². The van der Waals surface area contributed by atoms with E-state index in [9.17, 15) is 14.4 Å². The molecule has 0 atom stereocenters. The fourth-order valence-corrected chi connectivity index (χ4v) is 2.73. The molecule has 2 N–H and O–H groups in total. The van der Waals surface area contributed by atoms with E-state index in [4.69, 9.17) is 11.6 Å². The molecule has 1 fully saturated rings. The number of ether oxygens (including phenoxy) is 1. The van der Waals surface area contributed by atoms with Gasteiger partial charge in [-0.2, -0.15) is 0 Å². The molecular formula is C19H17ClN2O4. The lowest BCUT2D eigenvalue weighted by Gasteiger charge is -2.16. The molecule has 2 aromatic carbocycles. The van der Waals surface area contributed by atoms with Gasteiger partial charge in [0.25, 0.3) is 0 Å². The van der Waals surface area contributed by atoms with Gasteiger partial charge < -0.3 is 15.4 Å². The summed E-state index contributed by atoms with van der Waals surface area (Å²) >= 11 is 6.05. The number of halogens is 1. The number of benzene rings is 2. The van der Waals surface area contributed by atoms with Crippen LogP contribution in [0, 0.1) is 5.41 Å². The third-order valence-electron chi connectivity index (χ3n) is 4.31. The number of hydrogen-bond donors (Lipinski definition) is 2. The topological polar surface area (TPSA) is 84.5 Å². The summed E-state index contributed by atoms with van der Waals surface area (Å²) in [5.41, 5.74) is 0.253. The molecule has 0 unspecified atom stereocenters. The van der Waals surface area contributed by atoms with E-state index < -0.39 is 11.4 Å². The molecule has 0 heterocycles. The number of amides is 2. The average molecular weight is 373 g/mol. The van der Waals surface area contributed by atoms with Crippen molar-refractivity contribution in [2.45, 2.75) is 12.8 Å². The third-order valence-corrected chi connectivity index (χ3v) is 4.63. The SMILES string of the molecule is COC(=O)c1ccc(NC(=O)C2(C(=O)Nc3ccccc3Cl)CC2)cc1. The summed E-state index contributed by atoms with van der Waals surface area (Å²) in [4.78, 5) is 36.6. The maximum absolute atomic E-state index is 12.6. The number of rotatable bonds is 5. The number of nitrogens with one attached hydrogen (secondary N) is 2. The minimum atomic E-state index is -1.10. The molecule has 0 aromatic heterocycles. The quantitative estimate of drug-likeness (QED) is 0.621. The van der Waals surface area contributed by atoms with Crippen LogP contribution in [-0.4, -0.2) is 24.9 Å². The molecule has 2 amide bonds. The first-order chi connectivity index (χ1) is 12.5. The Bertz CT molecular complexity index is 860. The lowest BCUT2D eigenvalue weighted by atomic mass is 10.0. The van der Waals surface area contributed by atoms with Crippen LogP contribution in [0.3, 0.4) is 0 Å². The Hall–Kier alpha value is -2.86. The van der Waals surface area contributed by atoms with Crippen molar-refractivity contribution in [2.75, 3.05) is 17.7 Å². The Morgan fingerprint density at radius 1 is 0.962 bits per heavy atom. The number of methoxy groups -OCH3 is 1. The Labute approximate surface area is 155 Å². The predicted octanol–water partition coefficient (Wildman–Crippen LogP) is 3.48. The van der Waals surface area contributed by atoms with Crippen LogP contribution in [0.15, 0.2) is 48.5 Å². The zero-order valence-electron chi connectivity index (χ0n) is 14.0. The van der Waals surface area contributed by atoms with Crippen LogP contribution in [0.4, 0.5) is 11.4 Å². The number of para-hydroxylation sites is 1. The molecule has 1 aliphatic rings. The molecule has 2 aromatic rings. The van der Waals surface area contributed by atoms with Gasteiger partial charge in [-0.3, -0.25) is 9.59 Å². The summed E-state index contributed by atoms with van der Waals surface area (Å²) < 4.78 is 4.63. The molecule has 0 spiro atoms. The van der Waals surface area contributed by atoms with Crippen LogP contribution in [-0.2, 0) is 14.3 Å². The zero-order valence-corrected chi connectivity index (χ0v) is 14.8. The maximum Gasteiger partial charge on any atom is 0.337 e. The molecule has 6 nitrogen and oxygen atoms in total. The van der Waals surface area contributed by atoms with Crippen LogP contribution in [0.5, 0.6) is 0 Å². The lowest BCUT2D eigenvalue weighted by molar-refractivity contribution is -0.131. The minimum Gasteiger partial charge on any atom is -0.465 e. The van der Waals surface area contributed by atoms with Crippen molar-refractivity contribution >= 4 is 40.8 Å². The smallest absolute Gasteiger partial charge is 0.337 e. The molecule has 0 aliphatic heterocycles. The molecule has 0 saturated heterocycles. The Balaban J connectivity index is 1.68.